The first-order chi connectivity index (χ1) is 20.7. The highest BCUT2D eigenvalue weighted by Gasteiger charge is 2.48. The number of fused-ring (bicyclic) bond motifs is 5. The maximum atomic E-state index is 14.0. The van der Waals surface area contributed by atoms with Crippen LogP contribution in [0, 0.1) is 0 Å². The Bertz CT molecular complexity index is 1710. The van der Waals surface area contributed by atoms with Crippen LogP contribution in [0.1, 0.15) is 73.4 Å². The molecule has 43 heavy (non-hydrogen) atoms. The largest absolute Gasteiger partial charge is 0.465 e. The number of aryl methyl sites for hydroxylation is 1. The normalized spacial score (nSPS) is 24.2. The molecule has 0 bridgehead atoms. The number of hydrogen-bond donors (Lipinski definition) is 2. The molecule has 2 aromatic heterocycles. The number of carbonyl (C=O) groups excluding carboxylic acids is 1. The number of aliphatic hydroxyl groups is 1. The van der Waals surface area contributed by atoms with Gasteiger partial charge in [0.2, 0.25) is 0 Å². The highest BCUT2D eigenvalue weighted by molar-refractivity contribution is 5.95. The van der Waals surface area contributed by atoms with Gasteiger partial charge in [-0.2, -0.15) is 0 Å². The quantitative estimate of drug-likeness (QED) is 0.371. The van der Waals surface area contributed by atoms with Crippen LogP contribution in [-0.4, -0.2) is 79.3 Å². The van der Waals surface area contributed by atoms with Gasteiger partial charge >= 0.3 is 6.09 Å². The number of amides is 1. The third-order valence-electron chi connectivity index (χ3n) is 10.3. The number of pyridine rings is 2. The van der Waals surface area contributed by atoms with Crippen molar-refractivity contribution >= 4 is 22.8 Å². The van der Waals surface area contributed by atoms with E-state index in [2.05, 4.69) is 24.0 Å². The fraction of sp³-hybridized carbons (Fsp3) is 0.515. The first-order valence-electron chi connectivity index (χ1n) is 15.5. The fourth-order valence-corrected chi connectivity index (χ4v) is 7.77. The molecule has 6 heterocycles. The zero-order valence-electron chi connectivity index (χ0n) is 24.8. The molecule has 0 radical (unpaired) electrons. The average molecular weight is 587 g/mol. The lowest BCUT2D eigenvalue weighted by Crippen LogP contribution is -2.58. The summed E-state index contributed by atoms with van der Waals surface area (Å²) in [6.07, 6.45) is 2.55. The van der Waals surface area contributed by atoms with Crippen LogP contribution < -0.4 is 5.56 Å². The van der Waals surface area contributed by atoms with E-state index in [0.29, 0.717) is 65.1 Å². The molecule has 0 aliphatic carbocycles. The number of carbonyl (C=O) groups is 2. The molecule has 4 aliphatic rings. The van der Waals surface area contributed by atoms with Gasteiger partial charge < -0.3 is 24.4 Å². The number of piperidine rings is 2. The van der Waals surface area contributed by atoms with Gasteiger partial charge in [-0.1, -0.05) is 19.9 Å². The van der Waals surface area contributed by atoms with Crippen molar-refractivity contribution in [1.82, 2.24) is 19.4 Å². The highest BCUT2D eigenvalue weighted by atomic mass is 16.5. The van der Waals surface area contributed by atoms with Crippen LogP contribution in [0.5, 0.6) is 0 Å². The maximum Gasteiger partial charge on any atom is 0.407 e. The topological polar surface area (TPSA) is 125 Å². The van der Waals surface area contributed by atoms with Crippen molar-refractivity contribution in [3.63, 3.8) is 0 Å². The number of nitrogens with zero attached hydrogens (tertiary/aromatic N) is 4. The van der Waals surface area contributed by atoms with Crippen molar-refractivity contribution < 1.29 is 24.5 Å². The van der Waals surface area contributed by atoms with E-state index >= 15 is 0 Å². The fourth-order valence-electron chi connectivity index (χ4n) is 7.77. The summed E-state index contributed by atoms with van der Waals surface area (Å²) < 4.78 is 7.41. The second kappa shape index (κ2) is 10.5. The van der Waals surface area contributed by atoms with Crippen molar-refractivity contribution in [2.75, 3.05) is 26.2 Å². The van der Waals surface area contributed by atoms with Crippen molar-refractivity contribution in [1.29, 1.82) is 0 Å². The predicted molar refractivity (Wildman–Crippen MR) is 160 cm³/mol. The summed E-state index contributed by atoms with van der Waals surface area (Å²) in [6.45, 7) is 6.79. The summed E-state index contributed by atoms with van der Waals surface area (Å²) in [5.41, 5.74) is 5.89. The standard InChI is InChI=1S/C33H38N4O6/c1-3-22-23-15-20(29-30(38)33(42,4-2)10-13-36(29)21-7-11-35(12-8-21)32(40)41)5-6-26(23)34-28-24(22)17-37-27(28)16-19-9-14-43-18-25(19)31(37)39/h5-6,15-16,21,29,42H,3-4,7-14,17-18H2,1-2H3,(H,40,41)/t29?,33-/m0/s1. The molecule has 2 fully saturated rings. The third kappa shape index (κ3) is 4.41. The second-order valence-corrected chi connectivity index (χ2v) is 12.4. The smallest absolute Gasteiger partial charge is 0.407 e. The van der Waals surface area contributed by atoms with Gasteiger partial charge in [0.25, 0.3) is 5.56 Å². The average Bonchev–Trinajstić information content (AvgIpc) is 3.39. The number of rotatable bonds is 4. The number of aromatic nitrogens is 2. The van der Waals surface area contributed by atoms with E-state index in [9.17, 15) is 24.6 Å². The van der Waals surface area contributed by atoms with E-state index in [-0.39, 0.29) is 17.4 Å². The predicted octanol–water partition coefficient (Wildman–Crippen LogP) is 3.66. The lowest BCUT2D eigenvalue weighted by atomic mass is 9.78. The third-order valence-corrected chi connectivity index (χ3v) is 10.3. The van der Waals surface area contributed by atoms with Gasteiger partial charge in [-0.05, 0) is 73.4 Å². The molecule has 3 aromatic rings. The van der Waals surface area contributed by atoms with Gasteiger partial charge in [0, 0.05) is 42.2 Å². The van der Waals surface area contributed by atoms with Crippen LogP contribution >= 0.6 is 0 Å². The molecule has 2 N–H and O–H groups in total. The van der Waals surface area contributed by atoms with Crippen LogP contribution in [0.2, 0.25) is 0 Å². The molecule has 4 aliphatic heterocycles. The molecule has 226 valence electrons. The Morgan fingerprint density at radius 2 is 1.91 bits per heavy atom. The van der Waals surface area contributed by atoms with Gasteiger partial charge in [-0.15, -0.1) is 0 Å². The highest BCUT2D eigenvalue weighted by Crippen LogP contribution is 2.41. The molecule has 1 aromatic carbocycles. The van der Waals surface area contributed by atoms with Gasteiger partial charge in [0.15, 0.2) is 5.78 Å². The minimum absolute atomic E-state index is 0.00626. The Kier molecular flexibility index (Phi) is 6.91. The van der Waals surface area contributed by atoms with Crippen molar-refractivity contribution in [3.05, 3.63) is 62.4 Å². The monoisotopic (exact) mass is 586 g/mol. The maximum absolute atomic E-state index is 14.0. The van der Waals surface area contributed by atoms with Crippen LogP contribution in [-0.2, 0) is 35.5 Å². The first kappa shape index (κ1) is 28.2. The van der Waals surface area contributed by atoms with E-state index in [1.165, 1.54) is 4.90 Å². The summed E-state index contributed by atoms with van der Waals surface area (Å²) in [7, 11) is 0. The second-order valence-electron chi connectivity index (χ2n) is 12.4. The first-order valence-corrected chi connectivity index (χ1v) is 15.5. The molecule has 0 spiro atoms. The number of carboxylic acid groups (broad SMARTS) is 1. The van der Waals surface area contributed by atoms with Gasteiger partial charge in [-0.3, -0.25) is 14.5 Å². The summed E-state index contributed by atoms with van der Waals surface area (Å²) in [5, 5.41) is 21.8. The van der Waals surface area contributed by atoms with Crippen molar-refractivity contribution in [2.24, 2.45) is 0 Å². The molecule has 10 nitrogen and oxygen atoms in total. The number of hydrogen-bond acceptors (Lipinski definition) is 7. The molecular formula is C33H38N4O6. The SMILES string of the molecule is CCc1c2c(nc3ccc(C4C(=O)[C@](O)(CC)CCN4C4CCN(C(=O)O)CC4)cc13)-c1cc3c(c(=O)n1C2)COCC3. The van der Waals surface area contributed by atoms with Crippen LogP contribution in [0.3, 0.4) is 0 Å². The molecular weight excluding hydrogens is 548 g/mol. The number of ether oxygens (including phenoxy) is 1. The molecule has 1 amide bonds. The molecule has 1 unspecified atom stereocenters. The van der Waals surface area contributed by atoms with Crippen LogP contribution in [0.15, 0.2) is 29.1 Å². The number of ketones is 1. The molecule has 10 heteroatoms. The molecule has 0 saturated carbocycles. The Hall–Kier alpha value is -3.60. The lowest BCUT2D eigenvalue weighted by molar-refractivity contribution is -0.154. The zero-order valence-corrected chi connectivity index (χ0v) is 24.8. The van der Waals surface area contributed by atoms with E-state index in [1.54, 1.807) is 0 Å². The van der Waals surface area contributed by atoms with Gasteiger partial charge in [0.1, 0.15) is 5.60 Å². The van der Waals surface area contributed by atoms with Crippen LogP contribution in [0.25, 0.3) is 22.3 Å². The Balaban J connectivity index is 1.31. The van der Waals surface area contributed by atoms with Crippen molar-refractivity contribution in [3.8, 4) is 11.4 Å². The number of Topliss-reactive ketones (excluding diaryl/α,β-unsaturated/α-hetero) is 1. The van der Waals surface area contributed by atoms with Crippen LogP contribution in [0.4, 0.5) is 4.79 Å². The Morgan fingerprint density at radius 1 is 1.12 bits per heavy atom. The number of benzene rings is 1. The Morgan fingerprint density at radius 3 is 2.63 bits per heavy atom. The molecule has 7 rings (SSSR count). The summed E-state index contributed by atoms with van der Waals surface area (Å²) in [4.78, 5) is 47.7. The van der Waals surface area contributed by atoms with E-state index < -0.39 is 17.7 Å². The summed E-state index contributed by atoms with van der Waals surface area (Å²) in [5.74, 6) is -0.194. The zero-order chi connectivity index (χ0) is 30.0. The van der Waals surface area contributed by atoms with Gasteiger partial charge in [-0.25, -0.2) is 9.78 Å². The van der Waals surface area contributed by atoms with Crippen molar-refractivity contribution in [2.45, 2.75) is 83.2 Å². The number of likely N-dealkylation sites (tertiary alicyclic amines) is 2. The van der Waals surface area contributed by atoms with E-state index in [0.717, 1.165) is 62.9 Å². The molecule has 2 atom stereocenters. The van der Waals surface area contributed by atoms with E-state index in [4.69, 9.17) is 9.72 Å². The summed E-state index contributed by atoms with van der Waals surface area (Å²) in [6, 6.07) is 7.51. The molecule has 2 saturated heterocycles. The van der Waals surface area contributed by atoms with E-state index in [1.807, 2.05) is 23.6 Å². The lowest BCUT2D eigenvalue weighted by Gasteiger charge is -2.47. The Labute approximate surface area is 249 Å². The minimum Gasteiger partial charge on any atom is -0.465 e. The van der Waals surface area contributed by atoms with Gasteiger partial charge in [0.05, 0.1) is 42.7 Å². The minimum atomic E-state index is -1.40. The summed E-state index contributed by atoms with van der Waals surface area (Å²) >= 11 is 0.